The number of amides is 1. The monoisotopic (exact) mass is 385 g/mol. The molecule has 1 aromatic carbocycles. The van der Waals surface area contributed by atoms with Crippen LogP contribution < -0.4 is 4.74 Å². The average Bonchev–Trinajstić information content (AvgIpc) is 2.64. The number of carbonyl (C=O) groups is 2. The number of allylic oxidation sites excluding steroid dienone is 1. The van der Waals surface area contributed by atoms with Gasteiger partial charge in [-0.3, -0.25) is 9.59 Å². The van der Waals surface area contributed by atoms with Gasteiger partial charge >= 0.3 is 12.1 Å². The van der Waals surface area contributed by atoms with Crippen molar-refractivity contribution in [2.75, 3.05) is 20.7 Å². The number of likely N-dealkylation sites (N-methyl/N-ethyl adjacent to an activating group) is 1. The fourth-order valence-electron chi connectivity index (χ4n) is 2.82. The minimum absolute atomic E-state index is 0.156. The molecule has 0 bridgehead atoms. The van der Waals surface area contributed by atoms with Crippen LogP contribution in [0.1, 0.15) is 49.0 Å². The van der Waals surface area contributed by atoms with E-state index in [1.54, 1.807) is 24.3 Å². The number of aldehydes is 1. The Kier molecular flexibility index (Phi) is 8.06. The van der Waals surface area contributed by atoms with E-state index in [0.717, 1.165) is 31.9 Å². The van der Waals surface area contributed by atoms with E-state index >= 15 is 0 Å². The van der Waals surface area contributed by atoms with E-state index in [1.165, 1.54) is 7.11 Å². The number of hydrogen-bond acceptors (Lipinski definition) is 3. The predicted molar refractivity (Wildman–Crippen MR) is 98.1 cm³/mol. The van der Waals surface area contributed by atoms with Crippen LogP contribution in [0.15, 0.2) is 30.4 Å². The SMILES string of the molecule is CCCC[C@@](C)(/C=C/CN(C)C(=O)C(F)(F)F)c1ccc(OC)c(C=O)c1. The van der Waals surface area contributed by atoms with Crippen molar-refractivity contribution in [3.8, 4) is 5.75 Å². The maximum absolute atomic E-state index is 12.5. The minimum atomic E-state index is -4.89. The molecule has 1 amide bonds. The van der Waals surface area contributed by atoms with Crippen LogP contribution in [-0.4, -0.2) is 44.0 Å². The van der Waals surface area contributed by atoms with E-state index in [1.807, 2.05) is 19.9 Å². The number of alkyl halides is 3. The number of nitrogens with zero attached hydrogens (tertiary/aromatic N) is 1. The van der Waals surface area contributed by atoms with E-state index in [4.69, 9.17) is 4.74 Å². The largest absolute Gasteiger partial charge is 0.496 e. The highest BCUT2D eigenvalue weighted by atomic mass is 19.4. The van der Waals surface area contributed by atoms with Gasteiger partial charge in [0, 0.05) is 19.0 Å². The second-order valence-electron chi connectivity index (χ2n) is 6.68. The molecule has 0 N–H and O–H groups in total. The molecule has 150 valence electrons. The van der Waals surface area contributed by atoms with Gasteiger partial charge in [-0.2, -0.15) is 13.2 Å². The van der Waals surface area contributed by atoms with Crippen LogP contribution in [0.25, 0.3) is 0 Å². The molecule has 7 heteroatoms. The molecule has 0 aromatic heterocycles. The Hall–Kier alpha value is -2.31. The molecular formula is C20H26F3NO3. The molecule has 0 radical (unpaired) electrons. The lowest BCUT2D eigenvalue weighted by Gasteiger charge is -2.28. The van der Waals surface area contributed by atoms with Crippen LogP contribution >= 0.6 is 0 Å². The summed E-state index contributed by atoms with van der Waals surface area (Å²) in [4.78, 5) is 23.2. The summed E-state index contributed by atoms with van der Waals surface area (Å²) in [6.07, 6.45) is 1.79. The van der Waals surface area contributed by atoms with Gasteiger partial charge in [-0.25, -0.2) is 0 Å². The number of unbranched alkanes of at least 4 members (excludes halogenated alkanes) is 1. The second-order valence-corrected chi connectivity index (χ2v) is 6.68. The zero-order valence-electron chi connectivity index (χ0n) is 16.1. The Morgan fingerprint density at radius 2 is 1.96 bits per heavy atom. The summed E-state index contributed by atoms with van der Waals surface area (Å²) < 4.78 is 42.6. The number of ether oxygens (including phenoxy) is 1. The lowest BCUT2D eigenvalue weighted by molar-refractivity contribution is -0.183. The highest BCUT2D eigenvalue weighted by molar-refractivity contribution is 5.81. The Bertz CT molecular complexity index is 686. The molecule has 0 spiro atoms. The number of hydrogen-bond donors (Lipinski definition) is 0. The van der Waals surface area contributed by atoms with E-state index < -0.39 is 17.5 Å². The fraction of sp³-hybridized carbons (Fsp3) is 0.500. The maximum atomic E-state index is 12.5. The molecule has 0 saturated carbocycles. The lowest BCUT2D eigenvalue weighted by Crippen LogP contribution is -2.38. The van der Waals surface area contributed by atoms with Gasteiger partial charge in [0.2, 0.25) is 0 Å². The molecule has 4 nitrogen and oxygen atoms in total. The normalized spacial score (nSPS) is 14.0. The third-order valence-corrected chi connectivity index (χ3v) is 4.52. The van der Waals surface area contributed by atoms with Crippen molar-refractivity contribution in [2.24, 2.45) is 0 Å². The van der Waals surface area contributed by atoms with Gasteiger partial charge < -0.3 is 9.64 Å². The smallest absolute Gasteiger partial charge is 0.471 e. The molecular weight excluding hydrogens is 359 g/mol. The fourth-order valence-corrected chi connectivity index (χ4v) is 2.82. The topological polar surface area (TPSA) is 46.6 Å². The van der Waals surface area contributed by atoms with Gasteiger partial charge in [-0.05, 0) is 24.1 Å². The Balaban J connectivity index is 3.09. The lowest BCUT2D eigenvalue weighted by atomic mass is 9.77. The molecule has 1 aromatic rings. The van der Waals surface area contributed by atoms with Gasteiger partial charge in [0.25, 0.3) is 0 Å². The quantitative estimate of drug-likeness (QED) is 0.463. The molecule has 27 heavy (non-hydrogen) atoms. The Labute approximate surface area is 158 Å². The molecule has 0 aliphatic rings. The minimum Gasteiger partial charge on any atom is -0.496 e. The van der Waals surface area contributed by atoms with Gasteiger partial charge in [-0.1, -0.05) is 44.9 Å². The first kappa shape index (κ1) is 22.7. The highest BCUT2D eigenvalue weighted by Gasteiger charge is 2.40. The van der Waals surface area contributed by atoms with Crippen LogP contribution in [0.5, 0.6) is 5.75 Å². The average molecular weight is 385 g/mol. The summed E-state index contributed by atoms with van der Waals surface area (Å²) in [6, 6.07) is 5.28. The number of rotatable bonds is 9. The maximum Gasteiger partial charge on any atom is 0.471 e. The molecule has 1 rings (SSSR count). The summed E-state index contributed by atoms with van der Waals surface area (Å²) in [5, 5.41) is 0. The van der Waals surface area contributed by atoms with Crippen molar-refractivity contribution < 1.29 is 27.5 Å². The van der Waals surface area contributed by atoms with Gasteiger partial charge in [0.05, 0.1) is 12.7 Å². The number of methoxy groups -OCH3 is 1. The van der Waals surface area contributed by atoms with Gasteiger partial charge in [0.15, 0.2) is 6.29 Å². The van der Waals surface area contributed by atoms with Crippen LogP contribution in [0, 0.1) is 0 Å². The number of carbonyl (C=O) groups excluding carboxylic acids is 2. The van der Waals surface area contributed by atoms with Crippen LogP contribution in [0.4, 0.5) is 13.2 Å². The highest BCUT2D eigenvalue weighted by Crippen LogP contribution is 2.34. The van der Waals surface area contributed by atoms with Gasteiger partial charge in [0.1, 0.15) is 5.75 Å². The van der Waals surface area contributed by atoms with E-state index in [9.17, 15) is 22.8 Å². The van der Waals surface area contributed by atoms with Crippen molar-refractivity contribution in [1.29, 1.82) is 0 Å². The first-order valence-electron chi connectivity index (χ1n) is 8.72. The Morgan fingerprint density at radius 3 is 2.48 bits per heavy atom. The summed E-state index contributed by atoms with van der Waals surface area (Å²) in [6.45, 7) is 3.85. The molecule has 1 atom stereocenters. The summed E-state index contributed by atoms with van der Waals surface area (Å²) in [5.41, 5.74) is 0.790. The van der Waals surface area contributed by atoms with E-state index in [-0.39, 0.29) is 6.54 Å². The van der Waals surface area contributed by atoms with Crippen molar-refractivity contribution in [2.45, 2.75) is 44.7 Å². The zero-order chi connectivity index (χ0) is 20.7. The molecule has 0 unspecified atom stereocenters. The van der Waals surface area contributed by atoms with Crippen LogP contribution in [0.2, 0.25) is 0 Å². The summed E-state index contributed by atoms with van der Waals surface area (Å²) >= 11 is 0. The molecule has 0 saturated heterocycles. The van der Waals surface area contributed by atoms with Crippen LogP contribution in [0.3, 0.4) is 0 Å². The second kappa shape index (κ2) is 9.58. The van der Waals surface area contributed by atoms with E-state index in [0.29, 0.717) is 22.5 Å². The standard InChI is InChI=1S/C20H26F3NO3/c1-5-6-10-19(2,11-7-12-24(3)18(26)20(21,22)23)16-8-9-17(27-4)15(13-16)14-25/h7-9,11,13-14H,5-6,10,12H2,1-4H3/b11-7+/t19-/m0/s1. The predicted octanol–water partition coefficient (Wildman–Crippen LogP) is 4.53. The van der Waals surface area contributed by atoms with Crippen molar-refractivity contribution in [3.63, 3.8) is 0 Å². The zero-order valence-corrected chi connectivity index (χ0v) is 16.1. The van der Waals surface area contributed by atoms with Gasteiger partial charge in [-0.15, -0.1) is 0 Å². The van der Waals surface area contributed by atoms with Crippen molar-refractivity contribution in [1.82, 2.24) is 4.90 Å². The first-order chi connectivity index (χ1) is 12.6. The summed E-state index contributed by atoms with van der Waals surface area (Å²) in [7, 11) is 2.59. The van der Waals surface area contributed by atoms with E-state index in [2.05, 4.69) is 0 Å². The van der Waals surface area contributed by atoms with Crippen molar-refractivity contribution >= 4 is 12.2 Å². The molecule has 0 aliphatic heterocycles. The molecule has 0 heterocycles. The molecule has 0 aliphatic carbocycles. The number of halogens is 3. The first-order valence-corrected chi connectivity index (χ1v) is 8.72. The Morgan fingerprint density at radius 1 is 1.30 bits per heavy atom. The third-order valence-electron chi connectivity index (χ3n) is 4.52. The summed E-state index contributed by atoms with van der Waals surface area (Å²) in [5.74, 6) is -1.42. The van der Waals surface area contributed by atoms with Crippen LogP contribution in [-0.2, 0) is 10.2 Å². The van der Waals surface area contributed by atoms with Crippen molar-refractivity contribution in [3.05, 3.63) is 41.5 Å². The number of benzene rings is 1. The molecule has 0 fully saturated rings. The third kappa shape index (κ3) is 6.12.